The van der Waals surface area contributed by atoms with Crippen LogP contribution in [0.2, 0.25) is 0 Å². The molecule has 4 heteroatoms. The molecule has 2 N–H and O–H groups in total. The van der Waals surface area contributed by atoms with Crippen LogP contribution in [0.5, 0.6) is 11.5 Å². The van der Waals surface area contributed by atoms with E-state index in [9.17, 15) is 0 Å². The molecule has 21 heavy (non-hydrogen) atoms. The Balaban J connectivity index is 1.87. The number of fused-ring (bicyclic) bond motifs is 1. The third-order valence-electron chi connectivity index (χ3n) is 3.84. The number of ether oxygens (including phenoxy) is 2. The standard InChI is InChI=1S/C17H19NO2S/c1-19-12-5-8-16-14(9-12)15(18)10-17(20-16)11-3-6-13(21-2)7-4-11/h3-9,15,17H,10,18H2,1-2H3/t15-,17?/m0/s1. The van der Waals surface area contributed by atoms with Crippen molar-refractivity contribution >= 4 is 11.8 Å². The fraction of sp³-hybridized carbons (Fsp3) is 0.294. The Labute approximate surface area is 129 Å². The molecule has 0 aliphatic carbocycles. The summed E-state index contributed by atoms with van der Waals surface area (Å²) in [5, 5.41) is 0. The molecule has 1 aliphatic heterocycles. The number of thioether (sulfide) groups is 1. The molecular weight excluding hydrogens is 282 g/mol. The summed E-state index contributed by atoms with van der Waals surface area (Å²) in [6.45, 7) is 0. The van der Waals surface area contributed by atoms with Gasteiger partial charge in [0.05, 0.1) is 7.11 Å². The van der Waals surface area contributed by atoms with Gasteiger partial charge in [-0.3, -0.25) is 0 Å². The summed E-state index contributed by atoms with van der Waals surface area (Å²) in [6, 6.07) is 14.3. The Morgan fingerprint density at radius 3 is 2.62 bits per heavy atom. The maximum Gasteiger partial charge on any atom is 0.126 e. The second kappa shape index (κ2) is 6.00. The lowest BCUT2D eigenvalue weighted by Gasteiger charge is -2.31. The monoisotopic (exact) mass is 301 g/mol. The van der Waals surface area contributed by atoms with E-state index < -0.39 is 0 Å². The third-order valence-corrected chi connectivity index (χ3v) is 4.58. The van der Waals surface area contributed by atoms with E-state index in [1.807, 2.05) is 18.2 Å². The highest BCUT2D eigenvalue weighted by atomic mass is 32.2. The van der Waals surface area contributed by atoms with Crippen molar-refractivity contribution in [3.63, 3.8) is 0 Å². The van der Waals surface area contributed by atoms with Gasteiger partial charge in [0.15, 0.2) is 0 Å². The van der Waals surface area contributed by atoms with Crippen molar-refractivity contribution in [2.75, 3.05) is 13.4 Å². The van der Waals surface area contributed by atoms with Crippen LogP contribution in [-0.4, -0.2) is 13.4 Å². The van der Waals surface area contributed by atoms with E-state index in [0.717, 1.165) is 23.5 Å². The van der Waals surface area contributed by atoms with Crippen LogP contribution < -0.4 is 15.2 Å². The summed E-state index contributed by atoms with van der Waals surface area (Å²) in [4.78, 5) is 1.25. The molecule has 1 unspecified atom stereocenters. The zero-order chi connectivity index (χ0) is 14.8. The van der Waals surface area contributed by atoms with Crippen LogP contribution >= 0.6 is 11.8 Å². The molecule has 2 atom stereocenters. The van der Waals surface area contributed by atoms with Crippen molar-refractivity contribution in [1.29, 1.82) is 0 Å². The summed E-state index contributed by atoms with van der Waals surface area (Å²) in [5.41, 5.74) is 8.50. The molecule has 110 valence electrons. The van der Waals surface area contributed by atoms with Crippen LogP contribution in [0, 0.1) is 0 Å². The normalized spacial score (nSPS) is 20.5. The highest BCUT2D eigenvalue weighted by Gasteiger charge is 2.27. The summed E-state index contributed by atoms with van der Waals surface area (Å²) < 4.78 is 11.4. The number of nitrogens with two attached hydrogens (primary N) is 1. The van der Waals surface area contributed by atoms with E-state index in [4.69, 9.17) is 15.2 Å². The second-order valence-corrected chi connectivity index (χ2v) is 6.01. The van der Waals surface area contributed by atoms with Gasteiger partial charge in [0.1, 0.15) is 17.6 Å². The zero-order valence-corrected chi connectivity index (χ0v) is 13.0. The zero-order valence-electron chi connectivity index (χ0n) is 12.2. The maximum atomic E-state index is 6.31. The first-order valence-electron chi connectivity index (χ1n) is 6.95. The van der Waals surface area contributed by atoms with Crippen LogP contribution in [0.4, 0.5) is 0 Å². The molecule has 0 amide bonds. The SMILES string of the molecule is COc1ccc2c(c1)[C@@H](N)CC(c1ccc(SC)cc1)O2. The lowest BCUT2D eigenvalue weighted by Crippen LogP contribution is -2.24. The molecule has 0 radical (unpaired) electrons. The van der Waals surface area contributed by atoms with Gasteiger partial charge < -0.3 is 15.2 Å². The number of benzene rings is 2. The molecule has 3 rings (SSSR count). The number of hydrogen-bond donors (Lipinski definition) is 1. The highest BCUT2D eigenvalue weighted by Crippen LogP contribution is 2.41. The van der Waals surface area contributed by atoms with Crippen LogP contribution in [0.25, 0.3) is 0 Å². The first-order chi connectivity index (χ1) is 10.2. The van der Waals surface area contributed by atoms with E-state index in [1.165, 1.54) is 10.5 Å². The van der Waals surface area contributed by atoms with Crippen molar-refractivity contribution in [2.24, 2.45) is 5.73 Å². The van der Waals surface area contributed by atoms with Gasteiger partial charge in [0, 0.05) is 22.9 Å². The predicted octanol–water partition coefficient (Wildman–Crippen LogP) is 3.94. The van der Waals surface area contributed by atoms with Crippen LogP contribution in [0.3, 0.4) is 0 Å². The van der Waals surface area contributed by atoms with Crippen molar-refractivity contribution < 1.29 is 9.47 Å². The van der Waals surface area contributed by atoms with Crippen molar-refractivity contribution in [3.05, 3.63) is 53.6 Å². The summed E-state index contributed by atoms with van der Waals surface area (Å²) in [5.74, 6) is 1.67. The number of hydrogen-bond acceptors (Lipinski definition) is 4. The fourth-order valence-electron chi connectivity index (χ4n) is 2.63. The quantitative estimate of drug-likeness (QED) is 0.872. The number of rotatable bonds is 3. The van der Waals surface area contributed by atoms with Gasteiger partial charge in [0.25, 0.3) is 0 Å². The first kappa shape index (κ1) is 14.3. The van der Waals surface area contributed by atoms with Crippen LogP contribution in [0.1, 0.15) is 29.7 Å². The van der Waals surface area contributed by atoms with Gasteiger partial charge in [0.2, 0.25) is 0 Å². The van der Waals surface area contributed by atoms with Gasteiger partial charge in [-0.15, -0.1) is 11.8 Å². The molecule has 2 aromatic rings. The van der Waals surface area contributed by atoms with E-state index in [1.54, 1.807) is 18.9 Å². The van der Waals surface area contributed by atoms with Crippen molar-refractivity contribution in [2.45, 2.75) is 23.5 Å². The molecule has 0 saturated heterocycles. The Hall–Kier alpha value is -1.65. The molecule has 1 aliphatic rings. The molecule has 0 spiro atoms. The average molecular weight is 301 g/mol. The summed E-state index contributed by atoms with van der Waals surface area (Å²) >= 11 is 1.74. The summed E-state index contributed by atoms with van der Waals surface area (Å²) in [7, 11) is 1.66. The minimum atomic E-state index is -0.0333. The smallest absolute Gasteiger partial charge is 0.126 e. The minimum Gasteiger partial charge on any atom is -0.497 e. The van der Waals surface area contributed by atoms with E-state index in [0.29, 0.717) is 0 Å². The third kappa shape index (κ3) is 2.87. The van der Waals surface area contributed by atoms with Crippen LogP contribution in [0.15, 0.2) is 47.4 Å². The lowest BCUT2D eigenvalue weighted by atomic mass is 9.93. The van der Waals surface area contributed by atoms with Crippen molar-refractivity contribution in [1.82, 2.24) is 0 Å². The molecule has 2 aromatic carbocycles. The van der Waals surface area contributed by atoms with Crippen LogP contribution in [-0.2, 0) is 0 Å². The molecule has 1 heterocycles. The van der Waals surface area contributed by atoms with Gasteiger partial charge in [-0.1, -0.05) is 12.1 Å². The Morgan fingerprint density at radius 2 is 1.95 bits per heavy atom. The van der Waals surface area contributed by atoms with Gasteiger partial charge in [-0.25, -0.2) is 0 Å². The highest BCUT2D eigenvalue weighted by molar-refractivity contribution is 7.98. The summed E-state index contributed by atoms with van der Waals surface area (Å²) in [6.07, 6.45) is 2.86. The molecule has 3 nitrogen and oxygen atoms in total. The first-order valence-corrected chi connectivity index (χ1v) is 8.18. The Bertz CT molecular complexity index is 627. The Kier molecular flexibility index (Phi) is 4.08. The Morgan fingerprint density at radius 1 is 1.19 bits per heavy atom. The van der Waals surface area contributed by atoms with E-state index >= 15 is 0 Å². The van der Waals surface area contributed by atoms with E-state index in [-0.39, 0.29) is 12.1 Å². The van der Waals surface area contributed by atoms with Crippen molar-refractivity contribution in [3.8, 4) is 11.5 Å². The minimum absolute atomic E-state index is 0.0109. The topological polar surface area (TPSA) is 44.5 Å². The fourth-order valence-corrected chi connectivity index (χ4v) is 3.04. The number of methoxy groups -OCH3 is 1. The largest absolute Gasteiger partial charge is 0.497 e. The maximum absolute atomic E-state index is 6.31. The van der Waals surface area contributed by atoms with Gasteiger partial charge in [-0.2, -0.15) is 0 Å². The average Bonchev–Trinajstić information content (AvgIpc) is 2.54. The molecular formula is C17H19NO2S. The van der Waals surface area contributed by atoms with Gasteiger partial charge >= 0.3 is 0 Å². The molecule has 0 bridgehead atoms. The molecule has 0 saturated carbocycles. The second-order valence-electron chi connectivity index (χ2n) is 5.13. The van der Waals surface area contributed by atoms with Gasteiger partial charge in [-0.05, 0) is 42.2 Å². The lowest BCUT2D eigenvalue weighted by molar-refractivity contribution is 0.161. The molecule has 0 fully saturated rings. The molecule has 0 aromatic heterocycles. The van der Waals surface area contributed by atoms with E-state index in [2.05, 4.69) is 30.5 Å². The predicted molar refractivity (Wildman–Crippen MR) is 86.1 cm³/mol.